The van der Waals surface area contributed by atoms with Crippen LogP contribution < -0.4 is 19.5 Å². The van der Waals surface area contributed by atoms with E-state index in [9.17, 15) is 4.79 Å². The Labute approximate surface area is 194 Å². The molecule has 3 aromatic rings. The van der Waals surface area contributed by atoms with Gasteiger partial charge in [-0.1, -0.05) is 18.2 Å². The van der Waals surface area contributed by atoms with Gasteiger partial charge in [0.05, 0.1) is 32.0 Å². The molecule has 1 N–H and O–H groups in total. The second kappa shape index (κ2) is 9.38. The Kier molecular flexibility index (Phi) is 6.16. The smallest absolute Gasteiger partial charge is 0.223 e. The van der Waals surface area contributed by atoms with Crippen LogP contribution in [-0.4, -0.2) is 32.8 Å². The molecule has 1 saturated heterocycles. The van der Waals surface area contributed by atoms with Gasteiger partial charge in [0.2, 0.25) is 5.91 Å². The first-order valence-electron chi connectivity index (χ1n) is 11.8. The molecule has 2 aromatic carbocycles. The monoisotopic (exact) mass is 449 g/mol. The fourth-order valence-electron chi connectivity index (χ4n) is 5.24. The predicted molar refractivity (Wildman–Crippen MR) is 126 cm³/mol. The largest absolute Gasteiger partial charge is 0.496 e. The van der Waals surface area contributed by atoms with Gasteiger partial charge < -0.3 is 23.9 Å². The van der Waals surface area contributed by atoms with Crippen LogP contribution in [0.25, 0.3) is 10.8 Å². The van der Waals surface area contributed by atoms with E-state index in [1.807, 2.05) is 24.3 Å². The summed E-state index contributed by atoms with van der Waals surface area (Å²) >= 11 is 0. The first-order valence-corrected chi connectivity index (χ1v) is 11.8. The van der Waals surface area contributed by atoms with E-state index in [-0.39, 0.29) is 23.8 Å². The number of methoxy groups -OCH3 is 2. The number of ether oxygens (including phenoxy) is 3. The average Bonchev–Trinajstić information content (AvgIpc) is 3.50. The van der Waals surface area contributed by atoms with Crippen molar-refractivity contribution in [3.05, 3.63) is 54.0 Å². The number of hydrogen-bond acceptors (Lipinski definition) is 5. The van der Waals surface area contributed by atoms with Crippen molar-refractivity contribution in [3.8, 4) is 17.2 Å². The van der Waals surface area contributed by atoms with Gasteiger partial charge in [-0.2, -0.15) is 0 Å². The second-order valence-corrected chi connectivity index (χ2v) is 9.10. The van der Waals surface area contributed by atoms with Crippen LogP contribution in [0.1, 0.15) is 49.3 Å². The zero-order chi connectivity index (χ0) is 22.8. The minimum absolute atomic E-state index is 0.0710. The Balaban J connectivity index is 1.36. The van der Waals surface area contributed by atoms with Gasteiger partial charge in [0.1, 0.15) is 11.5 Å². The quantitative estimate of drug-likeness (QED) is 0.535. The molecule has 2 fully saturated rings. The van der Waals surface area contributed by atoms with Gasteiger partial charge in [-0.15, -0.1) is 0 Å². The lowest BCUT2D eigenvalue weighted by molar-refractivity contribution is -0.127. The zero-order valence-corrected chi connectivity index (χ0v) is 19.3. The third kappa shape index (κ3) is 4.39. The lowest BCUT2D eigenvalue weighted by Gasteiger charge is -2.30. The minimum Gasteiger partial charge on any atom is -0.496 e. The molecule has 0 radical (unpaired) electrons. The number of piperidine rings is 1. The van der Waals surface area contributed by atoms with Gasteiger partial charge in [-0.3, -0.25) is 4.79 Å². The molecule has 2 atom stereocenters. The Morgan fingerprint density at radius 1 is 1.03 bits per heavy atom. The summed E-state index contributed by atoms with van der Waals surface area (Å²) < 4.78 is 23.3. The third-order valence-corrected chi connectivity index (χ3v) is 7.03. The highest BCUT2D eigenvalue weighted by Crippen LogP contribution is 2.38. The Hall–Kier alpha value is -3.15. The number of carbonyl (C=O) groups excluding carboxylic acids is 1. The summed E-state index contributed by atoms with van der Waals surface area (Å²) in [5.41, 5.74) is 1.16. The Bertz CT molecular complexity index is 1130. The maximum Gasteiger partial charge on any atom is 0.223 e. The molecule has 2 heterocycles. The maximum absolute atomic E-state index is 12.8. The Morgan fingerprint density at radius 2 is 1.85 bits per heavy atom. The van der Waals surface area contributed by atoms with Crippen molar-refractivity contribution in [3.63, 3.8) is 0 Å². The van der Waals surface area contributed by atoms with Crippen molar-refractivity contribution < 1.29 is 23.4 Å². The van der Waals surface area contributed by atoms with Crippen LogP contribution in [0.4, 0.5) is 0 Å². The third-order valence-electron chi connectivity index (χ3n) is 7.03. The summed E-state index contributed by atoms with van der Waals surface area (Å²) in [6, 6.07) is 12.0. The first kappa shape index (κ1) is 21.7. The van der Waals surface area contributed by atoms with Crippen LogP contribution in [0.3, 0.4) is 0 Å². The van der Waals surface area contributed by atoms with Crippen molar-refractivity contribution >= 4 is 16.7 Å². The number of nitrogens with one attached hydrogen (secondary N) is 1. The number of fused-ring (bicyclic) bond motifs is 1. The normalized spacial score (nSPS) is 21.2. The molecule has 1 aliphatic carbocycles. The molecule has 1 saturated carbocycles. The number of carbonyl (C=O) groups is 1. The van der Waals surface area contributed by atoms with Crippen LogP contribution in [0.5, 0.6) is 17.2 Å². The van der Waals surface area contributed by atoms with Gasteiger partial charge >= 0.3 is 0 Å². The van der Waals surface area contributed by atoms with E-state index in [2.05, 4.69) is 17.4 Å². The standard InChI is InChI=1S/C27H31NO5/c1-30-22-11-10-17(13-24(22)33-21-7-3-4-8-21)20-12-19(27(29)28-15-20)14-25-26-18(16-32-25)6-5-9-23(26)31-2/h5-6,9-11,13,16,19-21H,3-4,7-8,12,14-15H2,1-2H3,(H,28,29)/t19-,20-/m1/s1. The van der Waals surface area contributed by atoms with Crippen LogP contribution in [0, 0.1) is 5.92 Å². The zero-order valence-electron chi connectivity index (χ0n) is 19.3. The number of benzene rings is 2. The topological polar surface area (TPSA) is 69.9 Å². The molecule has 6 heteroatoms. The molecule has 0 unspecified atom stereocenters. The second-order valence-electron chi connectivity index (χ2n) is 9.10. The van der Waals surface area contributed by atoms with Crippen LogP contribution in [-0.2, 0) is 11.2 Å². The van der Waals surface area contributed by atoms with E-state index < -0.39 is 0 Å². The molecular formula is C27H31NO5. The molecule has 174 valence electrons. The van der Waals surface area contributed by atoms with E-state index in [0.29, 0.717) is 13.0 Å². The summed E-state index contributed by atoms with van der Waals surface area (Å²) in [6.07, 6.45) is 7.90. The van der Waals surface area contributed by atoms with Crippen molar-refractivity contribution in [1.29, 1.82) is 0 Å². The number of rotatable bonds is 7. The summed E-state index contributed by atoms with van der Waals surface area (Å²) in [7, 11) is 3.33. The van der Waals surface area contributed by atoms with Gasteiger partial charge in [0, 0.05) is 30.2 Å². The summed E-state index contributed by atoms with van der Waals surface area (Å²) in [4.78, 5) is 12.8. The first-order chi connectivity index (χ1) is 16.2. The molecule has 1 aromatic heterocycles. The van der Waals surface area contributed by atoms with Crippen molar-refractivity contribution in [2.24, 2.45) is 5.92 Å². The van der Waals surface area contributed by atoms with E-state index in [1.54, 1.807) is 20.5 Å². The molecular weight excluding hydrogens is 418 g/mol. The SMILES string of the molecule is COc1ccc([C@H]2CNC(=O)[C@@H](Cc3occ4cccc(OC)c34)C2)cc1OC1CCCC1. The average molecular weight is 450 g/mol. The van der Waals surface area contributed by atoms with Crippen molar-refractivity contribution in [2.45, 2.75) is 50.5 Å². The fraction of sp³-hybridized carbons (Fsp3) is 0.444. The van der Waals surface area contributed by atoms with Gasteiger partial charge in [-0.05, 0) is 55.9 Å². The Morgan fingerprint density at radius 3 is 2.64 bits per heavy atom. The van der Waals surface area contributed by atoms with Gasteiger partial charge in [0.15, 0.2) is 11.5 Å². The fourth-order valence-corrected chi connectivity index (χ4v) is 5.24. The van der Waals surface area contributed by atoms with E-state index >= 15 is 0 Å². The molecule has 33 heavy (non-hydrogen) atoms. The molecule has 0 spiro atoms. The van der Waals surface area contributed by atoms with Gasteiger partial charge in [-0.25, -0.2) is 0 Å². The molecule has 5 rings (SSSR count). The molecule has 1 aliphatic heterocycles. The number of hydrogen-bond donors (Lipinski definition) is 1. The summed E-state index contributed by atoms with van der Waals surface area (Å²) in [6.45, 7) is 0.618. The molecule has 0 bridgehead atoms. The lowest BCUT2D eigenvalue weighted by atomic mass is 9.82. The van der Waals surface area contributed by atoms with E-state index in [4.69, 9.17) is 18.6 Å². The van der Waals surface area contributed by atoms with Gasteiger partial charge in [0.25, 0.3) is 0 Å². The maximum atomic E-state index is 12.8. The number of amides is 1. The summed E-state index contributed by atoms with van der Waals surface area (Å²) in [5.74, 6) is 3.23. The summed E-state index contributed by atoms with van der Waals surface area (Å²) in [5, 5.41) is 5.04. The van der Waals surface area contributed by atoms with Crippen LogP contribution in [0.2, 0.25) is 0 Å². The van der Waals surface area contributed by atoms with Crippen LogP contribution >= 0.6 is 0 Å². The molecule has 2 aliphatic rings. The highest BCUT2D eigenvalue weighted by Gasteiger charge is 2.32. The lowest BCUT2D eigenvalue weighted by Crippen LogP contribution is -2.41. The molecule has 1 amide bonds. The van der Waals surface area contributed by atoms with E-state index in [0.717, 1.165) is 58.6 Å². The number of furan rings is 1. The highest BCUT2D eigenvalue weighted by atomic mass is 16.5. The predicted octanol–water partition coefficient (Wildman–Crippen LogP) is 5.23. The molecule has 6 nitrogen and oxygen atoms in total. The van der Waals surface area contributed by atoms with Crippen molar-refractivity contribution in [1.82, 2.24) is 5.32 Å². The van der Waals surface area contributed by atoms with Crippen LogP contribution in [0.15, 0.2) is 47.1 Å². The van der Waals surface area contributed by atoms with E-state index in [1.165, 1.54) is 12.8 Å². The van der Waals surface area contributed by atoms with Crippen molar-refractivity contribution in [2.75, 3.05) is 20.8 Å². The highest BCUT2D eigenvalue weighted by molar-refractivity contribution is 5.90. The minimum atomic E-state index is -0.177.